The highest BCUT2D eigenvalue weighted by Crippen LogP contribution is 2.30. The first-order valence-electron chi connectivity index (χ1n) is 7.37. The predicted molar refractivity (Wildman–Crippen MR) is 82.5 cm³/mol. The van der Waals surface area contributed by atoms with Crippen LogP contribution in [-0.4, -0.2) is 41.6 Å². The van der Waals surface area contributed by atoms with Crippen LogP contribution in [0.3, 0.4) is 0 Å². The number of morpholine rings is 1. The van der Waals surface area contributed by atoms with Crippen molar-refractivity contribution in [1.29, 1.82) is 0 Å². The molecule has 118 valence electrons. The minimum atomic E-state index is -0.848. The van der Waals surface area contributed by atoms with Gasteiger partial charge in [0.2, 0.25) is 5.91 Å². The van der Waals surface area contributed by atoms with Crippen LogP contribution in [0.1, 0.15) is 40.5 Å². The molecule has 0 aliphatic carbocycles. The fraction of sp³-hybridized carbons (Fsp3) is 0.625. The maximum absolute atomic E-state index is 12.5. The second-order valence-electron chi connectivity index (χ2n) is 5.52. The Balaban J connectivity index is 3.24. The van der Waals surface area contributed by atoms with Crippen LogP contribution >= 0.6 is 0 Å². The zero-order valence-corrected chi connectivity index (χ0v) is 13.5. The third kappa shape index (κ3) is 3.35. The van der Waals surface area contributed by atoms with E-state index in [9.17, 15) is 9.59 Å². The van der Waals surface area contributed by atoms with Gasteiger partial charge in [0.25, 0.3) is 5.91 Å². The van der Waals surface area contributed by atoms with Gasteiger partial charge in [0.15, 0.2) is 0 Å². The molecule has 21 heavy (non-hydrogen) atoms. The Morgan fingerprint density at radius 2 is 1.90 bits per heavy atom. The van der Waals surface area contributed by atoms with Gasteiger partial charge >= 0.3 is 0 Å². The summed E-state index contributed by atoms with van der Waals surface area (Å²) in [7, 11) is 0. The summed E-state index contributed by atoms with van der Waals surface area (Å²) in [6, 6.07) is 0. The summed E-state index contributed by atoms with van der Waals surface area (Å²) in [6.07, 6.45) is 1.01. The maximum Gasteiger partial charge on any atom is 0.250 e. The molecule has 0 aromatic rings. The lowest BCUT2D eigenvalue weighted by Crippen LogP contribution is -2.71. The van der Waals surface area contributed by atoms with Crippen molar-refractivity contribution in [3.63, 3.8) is 0 Å². The molecule has 0 aromatic carbocycles. The predicted octanol–water partition coefficient (Wildman–Crippen LogP) is 2.00. The van der Waals surface area contributed by atoms with Crippen molar-refractivity contribution >= 4 is 11.8 Å². The molecule has 2 unspecified atom stereocenters. The minimum absolute atomic E-state index is 0.152. The Bertz CT molecular complexity index is 458. The van der Waals surface area contributed by atoms with Gasteiger partial charge in [-0.25, -0.2) is 0 Å². The number of ether oxygens (including phenoxy) is 1. The highest BCUT2D eigenvalue weighted by Gasteiger charge is 2.48. The van der Waals surface area contributed by atoms with Crippen molar-refractivity contribution in [1.82, 2.24) is 10.2 Å². The van der Waals surface area contributed by atoms with Gasteiger partial charge in [-0.15, -0.1) is 0 Å². The van der Waals surface area contributed by atoms with Crippen LogP contribution in [0.2, 0.25) is 0 Å². The Morgan fingerprint density at radius 1 is 1.29 bits per heavy atom. The Kier molecular flexibility index (Phi) is 5.72. The van der Waals surface area contributed by atoms with Gasteiger partial charge < -0.3 is 15.0 Å². The zero-order chi connectivity index (χ0) is 16.2. The van der Waals surface area contributed by atoms with Gasteiger partial charge in [-0.2, -0.15) is 0 Å². The largest absolute Gasteiger partial charge is 0.372 e. The first-order valence-corrected chi connectivity index (χ1v) is 7.37. The monoisotopic (exact) mass is 294 g/mol. The highest BCUT2D eigenvalue weighted by molar-refractivity contribution is 5.95. The molecule has 0 saturated carbocycles. The van der Waals surface area contributed by atoms with E-state index in [1.165, 1.54) is 0 Å². The second-order valence-corrected chi connectivity index (χ2v) is 5.52. The average molecular weight is 294 g/mol. The highest BCUT2D eigenvalue weighted by atomic mass is 16.5. The summed E-state index contributed by atoms with van der Waals surface area (Å²) in [5, 5.41) is 2.97. The Labute approximate surface area is 127 Å². The molecule has 1 aliphatic rings. The molecule has 0 spiro atoms. The van der Waals surface area contributed by atoms with Gasteiger partial charge in [0.05, 0.1) is 12.7 Å². The van der Waals surface area contributed by atoms with Gasteiger partial charge in [0, 0.05) is 17.7 Å². The van der Waals surface area contributed by atoms with E-state index in [0.29, 0.717) is 37.1 Å². The molecule has 5 heteroatoms. The standard InChI is InChI=1S/C16H26N2O3/c1-7-13-16(8-2,17-14(19)11(3)4)18(9-10-21-13)15(20)12(5)6/h13H,3,5,7-10H2,1-2,4,6H3,(H,17,19). The fourth-order valence-electron chi connectivity index (χ4n) is 2.72. The van der Waals surface area contributed by atoms with E-state index in [4.69, 9.17) is 4.74 Å². The summed E-state index contributed by atoms with van der Waals surface area (Å²) >= 11 is 0. The normalized spacial score (nSPS) is 25.3. The number of carbonyl (C=O) groups is 2. The molecular weight excluding hydrogens is 268 g/mol. The van der Waals surface area contributed by atoms with E-state index < -0.39 is 5.66 Å². The summed E-state index contributed by atoms with van der Waals surface area (Å²) in [6.45, 7) is 15.5. The van der Waals surface area contributed by atoms with Crippen LogP contribution in [0.4, 0.5) is 0 Å². The zero-order valence-electron chi connectivity index (χ0n) is 13.5. The lowest BCUT2D eigenvalue weighted by atomic mass is 9.92. The first kappa shape index (κ1) is 17.4. The number of nitrogens with zero attached hydrogens (tertiary/aromatic N) is 1. The molecule has 2 amide bonds. The van der Waals surface area contributed by atoms with Gasteiger partial charge in [0.1, 0.15) is 5.66 Å². The third-order valence-corrected chi connectivity index (χ3v) is 3.89. The van der Waals surface area contributed by atoms with E-state index in [1.54, 1.807) is 18.7 Å². The van der Waals surface area contributed by atoms with E-state index >= 15 is 0 Å². The summed E-state index contributed by atoms with van der Waals surface area (Å²) < 4.78 is 5.81. The first-order chi connectivity index (χ1) is 9.80. The van der Waals surface area contributed by atoms with E-state index in [2.05, 4.69) is 18.5 Å². The molecule has 2 atom stereocenters. The average Bonchev–Trinajstić information content (AvgIpc) is 2.45. The van der Waals surface area contributed by atoms with Crippen LogP contribution in [0.15, 0.2) is 24.3 Å². The van der Waals surface area contributed by atoms with Crippen LogP contribution in [0.5, 0.6) is 0 Å². The fourth-order valence-corrected chi connectivity index (χ4v) is 2.72. The number of carbonyl (C=O) groups excluding carboxylic acids is 2. The van der Waals surface area contributed by atoms with E-state index in [0.717, 1.165) is 0 Å². The van der Waals surface area contributed by atoms with Crippen LogP contribution in [-0.2, 0) is 14.3 Å². The van der Waals surface area contributed by atoms with Gasteiger partial charge in [-0.3, -0.25) is 9.59 Å². The van der Waals surface area contributed by atoms with Crippen LogP contribution in [0.25, 0.3) is 0 Å². The summed E-state index contributed by atoms with van der Waals surface area (Å²) in [5.74, 6) is -0.416. The molecule has 1 rings (SSSR count). The number of rotatable bonds is 5. The molecular formula is C16H26N2O3. The van der Waals surface area contributed by atoms with Crippen molar-refractivity contribution in [3.8, 4) is 0 Å². The Morgan fingerprint density at radius 3 is 2.33 bits per heavy atom. The van der Waals surface area contributed by atoms with Crippen molar-refractivity contribution < 1.29 is 14.3 Å². The van der Waals surface area contributed by atoms with E-state index in [1.807, 2.05) is 13.8 Å². The molecule has 1 fully saturated rings. The number of nitrogens with one attached hydrogen (secondary N) is 1. The molecule has 0 radical (unpaired) electrons. The van der Waals surface area contributed by atoms with Gasteiger partial charge in [-0.1, -0.05) is 27.0 Å². The Hall–Kier alpha value is -1.62. The number of amides is 2. The van der Waals surface area contributed by atoms with Gasteiger partial charge in [-0.05, 0) is 26.7 Å². The SMILES string of the molecule is C=C(C)C(=O)NC1(CC)C(CC)OCCN1C(=O)C(=C)C. The number of hydrogen-bond donors (Lipinski definition) is 1. The van der Waals surface area contributed by atoms with Crippen molar-refractivity contribution in [2.45, 2.75) is 52.3 Å². The summed E-state index contributed by atoms with van der Waals surface area (Å²) in [5.41, 5.74) is 0.0131. The smallest absolute Gasteiger partial charge is 0.250 e. The molecule has 5 nitrogen and oxygen atoms in total. The summed E-state index contributed by atoms with van der Waals surface area (Å²) in [4.78, 5) is 26.3. The second kappa shape index (κ2) is 6.89. The van der Waals surface area contributed by atoms with Crippen molar-refractivity contribution in [3.05, 3.63) is 24.3 Å². The molecule has 1 saturated heterocycles. The molecule has 1 heterocycles. The quantitative estimate of drug-likeness (QED) is 0.789. The lowest BCUT2D eigenvalue weighted by Gasteiger charge is -2.51. The van der Waals surface area contributed by atoms with Crippen molar-refractivity contribution in [2.24, 2.45) is 0 Å². The maximum atomic E-state index is 12.5. The topological polar surface area (TPSA) is 58.6 Å². The van der Waals surface area contributed by atoms with Crippen LogP contribution < -0.4 is 5.32 Å². The third-order valence-electron chi connectivity index (χ3n) is 3.89. The molecule has 0 aromatic heterocycles. The van der Waals surface area contributed by atoms with E-state index in [-0.39, 0.29) is 17.9 Å². The lowest BCUT2D eigenvalue weighted by molar-refractivity contribution is -0.170. The molecule has 1 N–H and O–H groups in total. The van der Waals surface area contributed by atoms with Crippen LogP contribution in [0, 0.1) is 0 Å². The minimum Gasteiger partial charge on any atom is -0.372 e. The molecule has 1 aliphatic heterocycles. The molecule has 0 bridgehead atoms. The van der Waals surface area contributed by atoms with Crippen molar-refractivity contribution in [2.75, 3.05) is 13.2 Å². The number of hydrogen-bond acceptors (Lipinski definition) is 3.